The molecule has 6 heteroatoms. The van der Waals surface area contributed by atoms with E-state index in [4.69, 9.17) is 0 Å². The molecule has 5 nitrogen and oxygen atoms in total. The zero-order valence-electron chi connectivity index (χ0n) is 9.41. The predicted molar refractivity (Wildman–Crippen MR) is 67.3 cm³/mol. The first-order chi connectivity index (χ1) is 7.95. The zero-order chi connectivity index (χ0) is 13.0. The molecule has 17 heavy (non-hydrogen) atoms. The second kappa shape index (κ2) is 6.00. The third kappa shape index (κ3) is 3.69. The van der Waals surface area contributed by atoms with Crippen molar-refractivity contribution in [2.75, 3.05) is 5.75 Å². The summed E-state index contributed by atoms with van der Waals surface area (Å²) in [7, 11) is 0. The van der Waals surface area contributed by atoms with Crippen LogP contribution < -0.4 is 0 Å². The van der Waals surface area contributed by atoms with Gasteiger partial charge in [0, 0.05) is 12.1 Å². The quantitative estimate of drug-likeness (QED) is 0.425. The molecule has 0 amide bonds. The van der Waals surface area contributed by atoms with E-state index in [1.165, 1.54) is 12.1 Å². The Bertz CT molecular complexity index is 410. The van der Waals surface area contributed by atoms with Crippen molar-refractivity contribution in [3.63, 3.8) is 0 Å². The number of nitrogens with zero attached hydrogens (tertiary/aromatic N) is 1. The van der Waals surface area contributed by atoms with Gasteiger partial charge >= 0.3 is 0 Å². The molecule has 94 valence electrons. The molecule has 1 aromatic carbocycles. The summed E-state index contributed by atoms with van der Waals surface area (Å²) in [5, 5.41) is 30.1. The Hall–Kier alpha value is -1.11. The zero-order valence-corrected chi connectivity index (χ0v) is 10.3. The minimum absolute atomic E-state index is 0.0860. The van der Waals surface area contributed by atoms with Crippen molar-refractivity contribution in [2.45, 2.75) is 25.6 Å². The van der Waals surface area contributed by atoms with Crippen molar-refractivity contribution >= 4 is 18.3 Å². The van der Waals surface area contributed by atoms with Gasteiger partial charge in [-0.3, -0.25) is 10.1 Å². The van der Waals surface area contributed by atoms with E-state index in [0.29, 0.717) is 23.3 Å². The number of aryl methyl sites for hydroxylation is 1. The molecule has 0 aliphatic rings. The molecule has 0 bridgehead atoms. The number of thiol groups is 1. The lowest BCUT2D eigenvalue weighted by molar-refractivity contribution is -0.385. The predicted octanol–water partition coefficient (Wildman–Crippen LogP) is 1.62. The lowest BCUT2D eigenvalue weighted by atomic mass is 10.00. The van der Waals surface area contributed by atoms with E-state index in [1.807, 2.05) is 0 Å². The molecule has 0 saturated heterocycles. The highest BCUT2D eigenvalue weighted by Crippen LogP contribution is 2.25. The first-order valence-electron chi connectivity index (χ1n) is 5.18. The molecular weight excluding hydrogens is 242 g/mol. The van der Waals surface area contributed by atoms with Crippen LogP contribution in [0.2, 0.25) is 0 Å². The van der Waals surface area contributed by atoms with Crippen LogP contribution in [0.15, 0.2) is 18.2 Å². The van der Waals surface area contributed by atoms with Crippen LogP contribution in [-0.4, -0.2) is 27.0 Å². The fourth-order valence-corrected chi connectivity index (χ4v) is 1.84. The molecule has 0 aliphatic heterocycles. The van der Waals surface area contributed by atoms with Crippen LogP contribution >= 0.6 is 12.6 Å². The summed E-state index contributed by atoms with van der Waals surface area (Å²) in [4.78, 5) is 10.2. The lowest BCUT2D eigenvalue weighted by Crippen LogP contribution is -2.18. The Morgan fingerprint density at radius 3 is 2.59 bits per heavy atom. The van der Waals surface area contributed by atoms with Gasteiger partial charge in [-0.05, 0) is 30.2 Å². The molecule has 2 atom stereocenters. The van der Waals surface area contributed by atoms with Gasteiger partial charge < -0.3 is 10.2 Å². The molecule has 0 fully saturated rings. The van der Waals surface area contributed by atoms with Gasteiger partial charge in [0.05, 0.1) is 11.0 Å². The smallest absolute Gasteiger partial charge is 0.270 e. The number of rotatable bonds is 5. The van der Waals surface area contributed by atoms with Crippen LogP contribution in [-0.2, 0) is 0 Å². The number of aliphatic hydroxyl groups is 2. The largest absolute Gasteiger partial charge is 0.390 e. The molecular formula is C11H15NO4S. The molecule has 1 rings (SSSR count). The molecule has 0 saturated carbocycles. The van der Waals surface area contributed by atoms with Gasteiger partial charge in [-0.2, -0.15) is 12.6 Å². The summed E-state index contributed by atoms with van der Waals surface area (Å²) >= 11 is 3.96. The van der Waals surface area contributed by atoms with Gasteiger partial charge in [-0.1, -0.05) is 6.07 Å². The number of hydrogen-bond donors (Lipinski definition) is 3. The summed E-state index contributed by atoms with van der Waals surface area (Å²) in [5.41, 5.74) is 0.939. The normalized spacial score (nSPS) is 14.4. The van der Waals surface area contributed by atoms with E-state index in [0.717, 1.165) is 0 Å². The van der Waals surface area contributed by atoms with Crippen molar-refractivity contribution in [1.29, 1.82) is 0 Å². The second-order valence-electron chi connectivity index (χ2n) is 3.88. The highest BCUT2D eigenvalue weighted by atomic mass is 32.1. The lowest BCUT2D eigenvalue weighted by Gasteiger charge is -2.17. The topological polar surface area (TPSA) is 83.6 Å². The molecule has 0 aromatic heterocycles. The third-order valence-electron chi connectivity index (χ3n) is 2.43. The van der Waals surface area contributed by atoms with E-state index >= 15 is 0 Å². The monoisotopic (exact) mass is 257 g/mol. The van der Waals surface area contributed by atoms with E-state index in [-0.39, 0.29) is 5.69 Å². The standard InChI is InChI=1S/C11H15NO4S/c1-7-4-8(6-9(5-7)12(15)16)11(14)10(13)2-3-17/h4-6,10-11,13-14,17H,2-3H2,1H3. The Labute approximate surface area is 105 Å². The third-order valence-corrected chi connectivity index (χ3v) is 2.68. The minimum Gasteiger partial charge on any atom is -0.390 e. The Balaban J connectivity index is 3.01. The van der Waals surface area contributed by atoms with Gasteiger partial charge in [0.15, 0.2) is 0 Å². The maximum Gasteiger partial charge on any atom is 0.270 e. The first kappa shape index (κ1) is 14.0. The summed E-state index contributed by atoms with van der Waals surface area (Å²) < 4.78 is 0. The summed E-state index contributed by atoms with van der Waals surface area (Å²) in [6.45, 7) is 1.70. The van der Waals surface area contributed by atoms with Crippen LogP contribution in [0, 0.1) is 17.0 Å². The summed E-state index contributed by atoms with van der Waals surface area (Å²) in [6.07, 6.45) is -1.76. The summed E-state index contributed by atoms with van der Waals surface area (Å²) in [5.74, 6) is 0.437. The number of nitro benzene ring substituents is 1. The number of aliphatic hydroxyl groups excluding tert-OH is 2. The second-order valence-corrected chi connectivity index (χ2v) is 4.33. The molecule has 0 heterocycles. The fourth-order valence-electron chi connectivity index (χ4n) is 1.58. The Morgan fingerprint density at radius 1 is 1.41 bits per heavy atom. The molecule has 2 unspecified atom stereocenters. The van der Waals surface area contributed by atoms with Crippen molar-refractivity contribution in [2.24, 2.45) is 0 Å². The van der Waals surface area contributed by atoms with Gasteiger partial charge in [-0.15, -0.1) is 0 Å². The highest BCUT2D eigenvalue weighted by molar-refractivity contribution is 7.80. The number of hydrogen-bond acceptors (Lipinski definition) is 5. The fraction of sp³-hybridized carbons (Fsp3) is 0.455. The van der Waals surface area contributed by atoms with Gasteiger partial charge in [0.25, 0.3) is 5.69 Å². The average molecular weight is 257 g/mol. The van der Waals surface area contributed by atoms with E-state index < -0.39 is 17.1 Å². The average Bonchev–Trinajstić information content (AvgIpc) is 2.27. The van der Waals surface area contributed by atoms with Crippen LogP contribution in [0.25, 0.3) is 0 Å². The van der Waals surface area contributed by atoms with Crippen LogP contribution in [0.4, 0.5) is 5.69 Å². The van der Waals surface area contributed by atoms with Crippen molar-refractivity contribution in [1.82, 2.24) is 0 Å². The maximum atomic E-state index is 10.7. The first-order valence-corrected chi connectivity index (χ1v) is 5.82. The van der Waals surface area contributed by atoms with Crippen LogP contribution in [0.5, 0.6) is 0 Å². The SMILES string of the molecule is Cc1cc(C(O)C(O)CCS)cc([N+](=O)[O-])c1. The number of nitro groups is 1. The molecule has 1 aromatic rings. The number of benzene rings is 1. The Kier molecular flexibility index (Phi) is 4.92. The number of non-ortho nitro benzene ring substituents is 1. The maximum absolute atomic E-state index is 10.7. The highest BCUT2D eigenvalue weighted by Gasteiger charge is 2.20. The van der Waals surface area contributed by atoms with Crippen molar-refractivity contribution in [3.05, 3.63) is 39.4 Å². The van der Waals surface area contributed by atoms with E-state index in [1.54, 1.807) is 13.0 Å². The van der Waals surface area contributed by atoms with Gasteiger partial charge in [0.1, 0.15) is 6.10 Å². The molecule has 0 spiro atoms. The van der Waals surface area contributed by atoms with Crippen molar-refractivity contribution in [3.8, 4) is 0 Å². The molecule has 0 radical (unpaired) electrons. The Morgan fingerprint density at radius 2 is 2.06 bits per heavy atom. The van der Waals surface area contributed by atoms with Crippen molar-refractivity contribution < 1.29 is 15.1 Å². The van der Waals surface area contributed by atoms with Gasteiger partial charge in [-0.25, -0.2) is 0 Å². The van der Waals surface area contributed by atoms with E-state index in [2.05, 4.69) is 12.6 Å². The molecule has 2 N–H and O–H groups in total. The van der Waals surface area contributed by atoms with E-state index in [9.17, 15) is 20.3 Å². The van der Waals surface area contributed by atoms with Gasteiger partial charge in [0.2, 0.25) is 0 Å². The molecule has 0 aliphatic carbocycles. The minimum atomic E-state index is -1.12. The summed E-state index contributed by atoms with van der Waals surface area (Å²) in [6, 6.07) is 4.32. The van der Waals surface area contributed by atoms with Crippen LogP contribution in [0.1, 0.15) is 23.7 Å². The van der Waals surface area contributed by atoms with Crippen LogP contribution in [0.3, 0.4) is 0 Å².